The zero-order valence-corrected chi connectivity index (χ0v) is 12.5. The van der Waals surface area contributed by atoms with Crippen LogP contribution in [-0.4, -0.2) is 25.2 Å². The van der Waals surface area contributed by atoms with Gasteiger partial charge in [0.2, 0.25) is 0 Å². The van der Waals surface area contributed by atoms with E-state index in [1.54, 1.807) is 14.2 Å². The quantitative estimate of drug-likeness (QED) is 0.913. The van der Waals surface area contributed by atoms with Crippen molar-refractivity contribution in [3.63, 3.8) is 0 Å². The Morgan fingerprint density at radius 3 is 2.32 bits per heavy atom. The molecule has 1 unspecified atom stereocenters. The summed E-state index contributed by atoms with van der Waals surface area (Å²) < 4.78 is 5.17. The van der Waals surface area contributed by atoms with Gasteiger partial charge in [0, 0.05) is 7.05 Å². The fraction of sp³-hybridized carbons (Fsp3) is 0.188. The van der Waals surface area contributed by atoms with E-state index in [9.17, 15) is 4.79 Å². The molecule has 0 spiro atoms. The number of hydrazine groups is 2. The van der Waals surface area contributed by atoms with Gasteiger partial charge in [-0.05, 0) is 29.8 Å². The van der Waals surface area contributed by atoms with Crippen LogP contribution < -0.4 is 20.6 Å². The van der Waals surface area contributed by atoms with Crippen LogP contribution in [0.1, 0.15) is 11.7 Å². The first kappa shape index (κ1) is 14.4. The van der Waals surface area contributed by atoms with Crippen LogP contribution in [-0.2, 0) is 0 Å². The predicted molar refractivity (Wildman–Crippen MR) is 84.1 cm³/mol. The number of carbonyl (C=O) groups excluding carboxylic acids is 1. The van der Waals surface area contributed by atoms with Crippen LogP contribution in [0.5, 0.6) is 5.75 Å². The zero-order chi connectivity index (χ0) is 15.5. The van der Waals surface area contributed by atoms with Gasteiger partial charge < -0.3 is 4.74 Å². The smallest absolute Gasteiger partial charge is 0.353 e. The molecule has 0 bridgehead atoms. The Morgan fingerprint density at radius 2 is 1.68 bits per heavy atom. The van der Waals surface area contributed by atoms with Gasteiger partial charge in [-0.2, -0.15) is 0 Å². The molecule has 2 aromatic rings. The van der Waals surface area contributed by atoms with Gasteiger partial charge in [0.15, 0.2) is 0 Å². The Kier molecular flexibility index (Phi) is 3.95. The molecule has 0 aromatic heterocycles. The molecule has 2 amide bonds. The number of amides is 2. The summed E-state index contributed by atoms with van der Waals surface area (Å²) in [5.41, 5.74) is 8.10. The molecule has 1 aliphatic rings. The summed E-state index contributed by atoms with van der Waals surface area (Å²) in [6.45, 7) is 0. The summed E-state index contributed by atoms with van der Waals surface area (Å²) >= 11 is 0. The van der Waals surface area contributed by atoms with Crippen molar-refractivity contribution in [1.29, 1.82) is 0 Å². The minimum absolute atomic E-state index is 0.170. The largest absolute Gasteiger partial charge is 0.497 e. The Hall–Kier alpha value is -2.57. The highest BCUT2D eigenvalue weighted by Crippen LogP contribution is 2.22. The molecule has 1 aliphatic heterocycles. The van der Waals surface area contributed by atoms with Crippen molar-refractivity contribution in [2.24, 2.45) is 0 Å². The first-order valence-corrected chi connectivity index (χ1v) is 6.98. The first-order valence-electron chi connectivity index (χ1n) is 6.98. The second-order valence-electron chi connectivity index (χ2n) is 4.98. The Bertz CT molecular complexity index is 645. The van der Waals surface area contributed by atoms with Crippen LogP contribution >= 0.6 is 0 Å². The van der Waals surface area contributed by atoms with Gasteiger partial charge in [-0.25, -0.2) is 20.7 Å². The van der Waals surface area contributed by atoms with Crippen molar-refractivity contribution in [3.05, 3.63) is 60.2 Å². The van der Waals surface area contributed by atoms with Crippen molar-refractivity contribution in [2.75, 3.05) is 19.2 Å². The van der Waals surface area contributed by atoms with Gasteiger partial charge >= 0.3 is 6.03 Å². The average Bonchev–Trinajstić information content (AvgIpc) is 2.58. The van der Waals surface area contributed by atoms with E-state index in [-0.39, 0.29) is 12.2 Å². The fourth-order valence-corrected chi connectivity index (χ4v) is 2.32. The maximum absolute atomic E-state index is 12.3. The summed E-state index contributed by atoms with van der Waals surface area (Å²) in [5, 5.41) is 3.00. The number of para-hydroxylation sites is 1. The van der Waals surface area contributed by atoms with Crippen molar-refractivity contribution < 1.29 is 9.53 Å². The van der Waals surface area contributed by atoms with E-state index in [1.807, 2.05) is 54.6 Å². The van der Waals surface area contributed by atoms with Crippen molar-refractivity contribution in [2.45, 2.75) is 6.17 Å². The molecular formula is C16H18N4O2. The number of hydrogen-bond donors (Lipinski definition) is 2. The SMILES string of the molecule is COc1ccc(C2NN(C)C(=O)N(c3ccccc3)N2)cc1. The van der Waals surface area contributed by atoms with E-state index in [0.717, 1.165) is 17.0 Å². The van der Waals surface area contributed by atoms with E-state index >= 15 is 0 Å². The van der Waals surface area contributed by atoms with Crippen molar-refractivity contribution in [1.82, 2.24) is 15.9 Å². The van der Waals surface area contributed by atoms with Gasteiger partial charge in [-0.15, -0.1) is 0 Å². The molecule has 2 aromatic carbocycles. The van der Waals surface area contributed by atoms with Crippen LogP contribution in [0.15, 0.2) is 54.6 Å². The standard InChI is InChI=1S/C16H18N4O2/c1-19-16(21)20(13-6-4-3-5-7-13)18-15(17-19)12-8-10-14(22-2)11-9-12/h3-11,15,17-18H,1-2H3. The molecule has 22 heavy (non-hydrogen) atoms. The highest BCUT2D eigenvalue weighted by molar-refractivity contribution is 5.91. The lowest BCUT2D eigenvalue weighted by molar-refractivity contribution is 0.144. The second kappa shape index (κ2) is 6.05. The summed E-state index contributed by atoms with van der Waals surface area (Å²) in [5.74, 6) is 0.795. The topological polar surface area (TPSA) is 56.8 Å². The lowest BCUT2D eigenvalue weighted by Crippen LogP contribution is -2.64. The lowest BCUT2D eigenvalue weighted by Gasteiger charge is -2.39. The maximum atomic E-state index is 12.3. The number of nitrogens with one attached hydrogen (secondary N) is 2. The normalized spacial score (nSPS) is 18.5. The summed E-state index contributed by atoms with van der Waals surface area (Å²) in [7, 11) is 3.34. The lowest BCUT2D eigenvalue weighted by atomic mass is 10.1. The van der Waals surface area contributed by atoms with E-state index < -0.39 is 0 Å². The van der Waals surface area contributed by atoms with Gasteiger partial charge in [-0.3, -0.25) is 5.01 Å². The number of nitrogens with zero attached hydrogens (tertiary/aromatic N) is 2. The minimum atomic E-state index is -0.214. The van der Waals surface area contributed by atoms with Crippen LogP contribution in [0.3, 0.4) is 0 Å². The molecule has 0 saturated carbocycles. The van der Waals surface area contributed by atoms with E-state index in [4.69, 9.17) is 4.74 Å². The Balaban J connectivity index is 1.85. The molecule has 1 fully saturated rings. The van der Waals surface area contributed by atoms with Gasteiger partial charge in [0.1, 0.15) is 11.9 Å². The third kappa shape index (κ3) is 2.74. The Morgan fingerprint density at radius 1 is 1.00 bits per heavy atom. The van der Waals surface area contributed by atoms with Crippen LogP contribution in [0.25, 0.3) is 0 Å². The maximum Gasteiger partial charge on any atom is 0.353 e. The fourth-order valence-electron chi connectivity index (χ4n) is 2.32. The summed E-state index contributed by atoms with van der Waals surface area (Å²) in [4.78, 5) is 12.3. The van der Waals surface area contributed by atoms with Gasteiger partial charge in [-0.1, -0.05) is 30.3 Å². The van der Waals surface area contributed by atoms with Crippen LogP contribution in [0, 0.1) is 0 Å². The molecule has 2 N–H and O–H groups in total. The summed E-state index contributed by atoms with van der Waals surface area (Å²) in [6.07, 6.45) is -0.214. The third-order valence-electron chi connectivity index (χ3n) is 3.52. The highest BCUT2D eigenvalue weighted by atomic mass is 16.5. The van der Waals surface area contributed by atoms with Crippen LogP contribution in [0.2, 0.25) is 0 Å². The number of carbonyl (C=O) groups is 1. The van der Waals surface area contributed by atoms with E-state index in [2.05, 4.69) is 10.9 Å². The summed E-state index contributed by atoms with van der Waals surface area (Å²) in [6, 6.07) is 17.0. The molecule has 1 saturated heterocycles. The second-order valence-corrected chi connectivity index (χ2v) is 4.98. The molecule has 1 heterocycles. The molecule has 1 atom stereocenters. The molecule has 6 nitrogen and oxygen atoms in total. The van der Waals surface area contributed by atoms with Crippen molar-refractivity contribution >= 4 is 11.7 Å². The number of benzene rings is 2. The number of ether oxygens (including phenoxy) is 1. The van der Waals surface area contributed by atoms with Gasteiger partial charge in [0.25, 0.3) is 0 Å². The number of urea groups is 1. The van der Waals surface area contributed by atoms with Gasteiger partial charge in [0.05, 0.1) is 12.8 Å². The molecule has 0 radical (unpaired) electrons. The zero-order valence-electron chi connectivity index (χ0n) is 12.5. The molecule has 0 aliphatic carbocycles. The number of methoxy groups -OCH3 is 1. The number of hydrogen-bond acceptors (Lipinski definition) is 4. The molecule has 3 rings (SSSR count). The molecule has 114 valence electrons. The third-order valence-corrected chi connectivity index (χ3v) is 3.52. The van der Waals surface area contributed by atoms with E-state index in [1.165, 1.54) is 10.0 Å². The monoisotopic (exact) mass is 298 g/mol. The molecule has 6 heteroatoms. The number of anilines is 1. The predicted octanol–water partition coefficient (Wildman–Crippen LogP) is 2.28. The first-order chi connectivity index (χ1) is 10.7. The highest BCUT2D eigenvalue weighted by Gasteiger charge is 2.30. The van der Waals surface area contributed by atoms with Crippen molar-refractivity contribution in [3.8, 4) is 5.75 Å². The number of rotatable bonds is 3. The minimum Gasteiger partial charge on any atom is -0.497 e. The Labute approximate surface area is 129 Å². The average molecular weight is 298 g/mol. The van der Waals surface area contributed by atoms with Crippen LogP contribution in [0.4, 0.5) is 10.5 Å². The molecular weight excluding hydrogens is 280 g/mol. The van der Waals surface area contributed by atoms with E-state index in [0.29, 0.717) is 0 Å².